The van der Waals surface area contributed by atoms with Crippen molar-refractivity contribution >= 4 is 11.6 Å². The number of benzene rings is 3. The Kier molecular flexibility index (Phi) is 6.22. The molecule has 0 bridgehead atoms. The largest absolute Gasteiger partial charge is 0.486 e. The number of anilines is 1. The van der Waals surface area contributed by atoms with Crippen molar-refractivity contribution < 1.29 is 14.3 Å². The summed E-state index contributed by atoms with van der Waals surface area (Å²) in [6.45, 7) is 9.77. The summed E-state index contributed by atoms with van der Waals surface area (Å²) in [5.74, 6) is 1.32. The summed E-state index contributed by atoms with van der Waals surface area (Å²) in [7, 11) is 0. The maximum Gasteiger partial charge on any atom is 0.225 e. The van der Waals surface area contributed by atoms with Crippen LogP contribution in [-0.4, -0.2) is 19.1 Å². The molecule has 3 aromatic carbocycles. The summed E-state index contributed by atoms with van der Waals surface area (Å²) in [5, 5.41) is 3.03. The van der Waals surface area contributed by atoms with E-state index in [0.29, 0.717) is 36.8 Å². The van der Waals surface area contributed by atoms with Gasteiger partial charge in [0.05, 0.1) is 0 Å². The second-order valence-electron chi connectivity index (χ2n) is 9.45. The fraction of sp³-hybridized carbons (Fsp3) is 0.321. The zero-order valence-corrected chi connectivity index (χ0v) is 19.3. The second-order valence-corrected chi connectivity index (χ2v) is 9.45. The van der Waals surface area contributed by atoms with E-state index in [1.165, 1.54) is 11.1 Å². The number of carbonyl (C=O) groups excluding carboxylic acids is 1. The average Bonchev–Trinajstić information content (AvgIpc) is 2.78. The summed E-state index contributed by atoms with van der Waals surface area (Å²) in [6.07, 6.45) is 0.354. The van der Waals surface area contributed by atoms with Crippen LogP contribution in [0, 0.1) is 6.92 Å². The molecule has 0 radical (unpaired) electrons. The molecule has 166 valence electrons. The lowest BCUT2D eigenvalue weighted by Crippen LogP contribution is -2.18. The Morgan fingerprint density at radius 1 is 0.875 bits per heavy atom. The van der Waals surface area contributed by atoms with Crippen LogP contribution in [-0.2, 0) is 10.2 Å². The first-order valence-electron chi connectivity index (χ1n) is 11.2. The van der Waals surface area contributed by atoms with Crippen molar-refractivity contribution in [2.75, 3.05) is 18.5 Å². The Morgan fingerprint density at radius 2 is 1.47 bits per heavy atom. The highest BCUT2D eigenvalue weighted by Crippen LogP contribution is 2.34. The zero-order valence-electron chi connectivity index (χ0n) is 19.3. The van der Waals surface area contributed by atoms with Gasteiger partial charge in [-0.25, -0.2) is 0 Å². The number of amides is 1. The van der Waals surface area contributed by atoms with Crippen LogP contribution in [0.25, 0.3) is 0 Å². The number of ether oxygens (including phenoxy) is 2. The third-order valence-electron chi connectivity index (χ3n) is 5.87. The predicted molar refractivity (Wildman–Crippen MR) is 129 cm³/mol. The van der Waals surface area contributed by atoms with Crippen molar-refractivity contribution in [3.8, 4) is 11.5 Å². The van der Waals surface area contributed by atoms with Gasteiger partial charge < -0.3 is 14.8 Å². The molecule has 1 aliphatic rings. The highest BCUT2D eigenvalue weighted by molar-refractivity contribution is 5.92. The van der Waals surface area contributed by atoms with Crippen LogP contribution < -0.4 is 14.8 Å². The summed E-state index contributed by atoms with van der Waals surface area (Å²) >= 11 is 0. The van der Waals surface area contributed by atoms with E-state index >= 15 is 0 Å². The Balaban J connectivity index is 1.56. The molecule has 0 aliphatic carbocycles. The normalized spacial score (nSPS) is 14.0. The van der Waals surface area contributed by atoms with Gasteiger partial charge in [0.2, 0.25) is 5.91 Å². The standard InChI is InChI=1S/C28H31NO3/c1-19-5-7-20(8-6-19)24(21-9-11-22(12-10-21)28(2,3)4)18-27(30)29-23-13-14-25-26(17-23)32-16-15-31-25/h5-14,17,24H,15-16,18H2,1-4H3,(H,29,30). The molecule has 3 aromatic rings. The molecule has 1 heterocycles. The lowest BCUT2D eigenvalue weighted by atomic mass is 9.83. The van der Waals surface area contributed by atoms with E-state index < -0.39 is 0 Å². The van der Waals surface area contributed by atoms with Crippen LogP contribution in [0.2, 0.25) is 0 Å². The van der Waals surface area contributed by atoms with Crippen LogP contribution in [0.4, 0.5) is 5.69 Å². The van der Waals surface area contributed by atoms with Gasteiger partial charge in [-0.15, -0.1) is 0 Å². The highest BCUT2D eigenvalue weighted by Gasteiger charge is 2.21. The Hall–Kier alpha value is -3.27. The molecule has 32 heavy (non-hydrogen) atoms. The molecule has 1 amide bonds. The van der Waals surface area contributed by atoms with Gasteiger partial charge in [0.15, 0.2) is 11.5 Å². The molecule has 1 N–H and O–H groups in total. The lowest BCUT2D eigenvalue weighted by Gasteiger charge is -2.22. The van der Waals surface area contributed by atoms with E-state index in [0.717, 1.165) is 11.1 Å². The SMILES string of the molecule is Cc1ccc(C(CC(=O)Nc2ccc3c(c2)OCCO3)c2ccc(C(C)(C)C)cc2)cc1. The topological polar surface area (TPSA) is 47.6 Å². The van der Waals surface area contributed by atoms with Crippen molar-refractivity contribution in [1.82, 2.24) is 0 Å². The van der Waals surface area contributed by atoms with Gasteiger partial charge in [-0.05, 0) is 41.2 Å². The molecule has 0 aromatic heterocycles. The van der Waals surface area contributed by atoms with Gasteiger partial charge in [0.25, 0.3) is 0 Å². The van der Waals surface area contributed by atoms with Crippen LogP contribution in [0.5, 0.6) is 11.5 Å². The first-order chi connectivity index (χ1) is 15.3. The molecule has 4 heteroatoms. The minimum atomic E-state index is -0.0350. The smallest absolute Gasteiger partial charge is 0.225 e. The fourth-order valence-electron chi connectivity index (χ4n) is 3.96. The maximum absolute atomic E-state index is 13.0. The minimum Gasteiger partial charge on any atom is -0.486 e. The molecule has 0 spiro atoms. The molecule has 1 atom stereocenters. The second kappa shape index (κ2) is 9.07. The number of rotatable bonds is 5. The van der Waals surface area contributed by atoms with E-state index in [-0.39, 0.29) is 17.2 Å². The first-order valence-corrected chi connectivity index (χ1v) is 11.2. The molecule has 1 aliphatic heterocycles. The van der Waals surface area contributed by atoms with E-state index in [4.69, 9.17) is 9.47 Å². The van der Waals surface area contributed by atoms with E-state index in [1.807, 2.05) is 18.2 Å². The van der Waals surface area contributed by atoms with Crippen molar-refractivity contribution in [3.63, 3.8) is 0 Å². The summed E-state index contributed by atoms with van der Waals surface area (Å²) < 4.78 is 11.2. The number of aryl methyl sites for hydroxylation is 1. The molecule has 4 nitrogen and oxygen atoms in total. The predicted octanol–water partition coefficient (Wildman–Crippen LogP) is 6.22. The van der Waals surface area contributed by atoms with Gasteiger partial charge in [-0.3, -0.25) is 4.79 Å². The molecule has 0 saturated carbocycles. The molecule has 4 rings (SSSR count). The van der Waals surface area contributed by atoms with Crippen LogP contribution in [0.15, 0.2) is 66.7 Å². The Bertz CT molecular complexity index is 1080. The number of fused-ring (bicyclic) bond motifs is 1. The van der Waals surface area contributed by atoms with Crippen LogP contribution in [0.1, 0.15) is 55.4 Å². The van der Waals surface area contributed by atoms with Crippen LogP contribution >= 0.6 is 0 Å². The molecule has 1 unspecified atom stereocenters. The number of nitrogens with one attached hydrogen (secondary N) is 1. The third-order valence-corrected chi connectivity index (χ3v) is 5.87. The monoisotopic (exact) mass is 429 g/mol. The highest BCUT2D eigenvalue weighted by atomic mass is 16.6. The van der Waals surface area contributed by atoms with E-state index in [9.17, 15) is 4.79 Å². The van der Waals surface area contributed by atoms with E-state index in [2.05, 4.69) is 81.5 Å². The molecule has 0 saturated heterocycles. The van der Waals surface area contributed by atoms with Gasteiger partial charge in [-0.1, -0.05) is 74.9 Å². The molecule has 0 fully saturated rings. The maximum atomic E-state index is 13.0. The summed E-state index contributed by atoms with van der Waals surface area (Å²) in [4.78, 5) is 13.0. The number of carbonyl (C=O) groups is 1. The van der Waals surface area contributed by atoms with Gasteiger partial charge in [0, 0.05) is 24.1 Å². The van der Waals surface area contributed by atoms with Crippen molar-refractivity contribution in [3.05, 3.63) is 89.0 Å². The van der Waals surface area contributed by atoms with Crippen LogP contribution in [0.3, 0.4) is 0 Å². The van der Waals surface area contributed by atoms with Crippen molar-refractivity contribution in [1.29, 1.82) is 0 Å². The van der Waals surface area contributed by atoms with Crippen molar-refractivity contribution in [2.24, 2.45) is 0 Å². The zero-order chi connectivity index (χ0) is 22.7. The Morgan fingerprint density at radius 3 is 2.09 bits per heavy atom. The van der Waals surface area contributed by atoms with Gasteiger partial charge in [-0.2, -0.15) is 0 Å². The quantitative estimate of drug-likeness (QED) is 0.523. The third kappa shape index (κ3) is 5.13. The lowest BCUT2D eigenvalue weighted by molar-refractivity contribution is -0.116. The summed E-state index contributed by atoms with van der Waals surface area (Å²) in [5.41, 5.74) is 5.56. The van der Waals surface area contributed by atoms with Gasteiger partial charge in [0.1, 0.15) is 13.2 Å². The molecular weight excluding hydrogens is 398 g/mol. The van der Waals surface area contributed by atoms with E-state index in [1.54, 1.807) is 0 Å². The van der Waals surface area contributed by atoms with Crippen molar-refractivity contribution in [2.45, 2.75) is 45.4 Å². The number of hydrogen-bond donors (Lipinski definition) is 1. The number of hydrogen-bond acceptors (Lipinski definition) is 3. The fourth-order valence-corrected chi connectivity index (χ4v) is 3.96. The first kappa shape index (κ1) is 21.9. The minimum absolute atomic E-state index is 0.0261. The van der Waals surface area contributed by atoms with Gasteiger partial charge >= 0.3 is 0 Å². The molecular formula is C28H31NO3. The Labute approximate surface area is 190 Å². The summed E-state index contributed by atoms with van der Waals surface area (Å²) in [6, 6.07) is 22.6. The average molecular weight is 430 g/mol.